The molecule has 1 saturated carbocycles. The van der Waals surface area contributed by atoms with Crippen LogP contribution in [0.15, 0.2) is 42.5 Å². The van der Waals surface area contributed by atoms with Crippen molar-refractivity contribution in [3.8, 4) is 5.75 Å². The minimum Gasteiger partial charge on any atom is -0.490 e. The molecule has 160 valence electrons. The van der Waals surface area contributed by atoms with Gasteiger partial charge in [-0.15, -0.1) is 0 Å². The highest BCUT2D eigenvalue weighted by molar-refractivity contribution is 5.66. The van der Waals surface area contributed by atoms with Gasteiger partial charge in [-0.05, 0) is 49.7 Å². The summed E-state index contributed by atoms with van der Waals surface area (Å²) in [7, 11) is 0. The molecule has 1 aliphatic carbocycles. The normalized spacial score (nSPS) is 30.6. The van der Waals surface area contributed by atoms with Gasteiger partial charge in [-0.2, -0.15) is 0 Å². The van der Waals surface area contributed by atoms with Crippen molar-refractivity contribution < 1.29 is 28.9 Å². The van der Waals surface area contributed by atoms with Gasteiger partial charge in [0.05, 0.1) is 12.2 Å². The number of aliphatic hydroxyl groups is 1. The first kappa shape index (κ1) is 21.8. The standard InChI is InChI=1S/C23H31FO5/c24-17(15-28-18-6-2-1-3-7-18)10-12-19-20-11-9-16(5-4-8-23(26)27)14-29-22(20)13-21(19)25/h1-3,6-7,10,12,16-17,19-22,25H,4-5,8-9,11,13-15H2,(H,26,27)/b12-10+/t16-,17-,19+,20+,21+,22-/m0/s1. The minimum absolute atomic E-state index is 0.0113. The number of carboxylic acid groups (broad SMARTS) is 1. The van der Waals surface area contributed by atoms with Crippen LogP contribution in [-0.2, 0) is 9.53 Å². The number of aliphatic carboxylic acids is 1. The molecule has 0 unspecified atom stereocenters. The Bertz CT molecular complexity index is 664. The molecule has 5 nitrogen and oxygen atoms in total. The van der Waals surface area contributed by atoms with E-state index in [9.17, 15) is 14.3 Å². The SMILES string of the molecule is O=C(O)CCC[C@H]1CC[C@@H]2[C@@H](/C=C/[C@H](F)COc3ccccc3)[C@H](O)C[C@@H]2OC1. The van der Waals surface area contributed by atoms with Crippen molar-refractivity contribution in [3.63, 3.8) is 0 Å². The molecule has 0 aromatic heterocycles. The number of ether oxygens (including phenoxy) is 2. The summed E-state index contributed by atoms with van der Waals surface area (Å²) in [6, 6.07) is 9.14. The highest BCUT2D eigenvalue weighted by atomic mass is 19.1. The summed E-state index contributed by atoms with van der Waals surface area (Å²) >= 11 is 0. The smallest absolute Gasteiger partial charge is 0.303 e. The maximum atomic E-state index is 14.3. The lowest BCUT2D eigenvalue weighted by Gasteiger charge is -2.21. The molecule has 2 aliphatic rings. The lowest BCUT2D eigenvalue weighted by Crippen LogP contribution is -2.21. The summed E-state index contributed by atoms with van der Waals surface area (Å²) in [5.41, 5.74) is 0. The Balaban J connectivity index is 1.49. The van der Waals surface area contributed by atoms with Crippen LogP contribution in [0.3, 0.4) is 0 Å². The first-order chi connectivity index (χ1) is 14.0. The number of rotatable bonds is 9. The number of fused-ring (bicyclic) bond motifs is 1. The number of hydrogen-bond donors (Lipinski definition) is 2. The topological polar surface area (TPSA) is 76.0 Å². The molecule has 6 heteroatoms. The first-order valence-electron chi connectivity index (χ1n) is 10.5. The molecule has 6 atom stereocenters. The van der Waals surface area contributed by atoms with E-state index in [1.54, 1.807) is 18.2 Å². The predicted molar refractivity (Wildman–Crippen MR) is 108 cm³/mol. The second kappa shape index (κ2) is 10.7. The van der Waals surface area contributed by atoms with Crippen molar-refractivity contribution in [2.75, 3.05) is 13.2 Å². The van der Waals surface area contributed by atoms with Crippen LogP contribution in [0.4, 0.5) is 4.39 Å². The van der Waals surface area contributed by atoms with E-state index in [-0.39, 0.29) is 31.0 Å². The molecule has 1 saturated heterocycles. The summed E-state index contributed by atoms with van der Waals surface area (Å²) in [6.45, 7) is 0.556. The lowest BCUT2D eigenvalue weighted by atomic mass is 9.86. The third kappa shape index (κ3) is 6.54. The molecule has 1 aliphatic heterocycles. The molecule has 2 fully saturated rings. The molecule has 0 spiro atoms. The van der Waals surface area contributed by atoms with Crippen molar-refractivity contribution in [3.05, 3.63) is 42.5 Å². The van der Waals surface area contributed by atoms with Crippen LogP contribution in [-0.4, -0.2) is 47.8 Å². The van der Waals surface area contributed by atoms with Crippen LogP contribution in [0, 0.1) is 17.8 Å². The Morgan fingerprint density at radius 2 is 2.10 bits per heavy atom. The second-order valence-corrected chi connectivity index (χ2v) is 8.17. The molecule has 3 rings (SSSR count). The molecular weight excluding hydrogens is 375 g/mol. The van der Waals surface area contributed by atoms with E-state index >= 15 is 0 Å². The van der Waals surface area contributed by atoms with Crippen LogP contribution in [0.25, 0.3) is 0 Å². The zero-order valence-electron chi connectivity index (χ0n) is 16.7. The quantitative estimate of drug-likeness (QED) is 0.606. The van der Waals surface area contributed by atoms with Gasteiger partial charge in [-0.25, -0.2) is 4.39 Å². The molecule has 29 heavy (non-hydrogen) atoms. The van der Waals surface area contributed by atoms with Crippen LogP contribution >= 0.6 is 0 Å². The Morgan fingerprint density at radius 3 is 2.86 bits per heavy atom. The monoisotopic (exact) mass is 406 g/mol. The third-order valence-corrected chi connectivity index (χ3v) is 6.04. The Labute approximate surface area is 171 Å². The van der Waals surface area contributed by atoms with Crippen molar-refractivity contribution in [1.82, 2.24) is 0 Å². The number of alkyl halides is 1. The Morgan fingerprint density at radius 1 is 1.31 bits per heavy atom. The van der Waals surface area contributed by atoms with E-state index in [0.717, 1.165) is 19.3 Å². The molecule has 0 bridgehead atoms. The average molecular weight is 406 g/mol. The van der Waals surface area contributed by atoms with Gasteiger partial charge in [0, 0.05) is 25.4 Å². The molecule has 1 heterocycles. The number of aliphatic hydroxyl groups excluding tert-OH is 1. The maximum absolute atomic E-state index is 14.3. The van der Waals surface area contributed by atoms with Gasteiger partial charge in [0.15, 0.2) is 6.17 Å². The summed E-state index contributed by atoms with van der Waals surface area (Å²) in [5, 5.41) is 19.2. The summed E-state index contributed by atoms with van der Waals surface area (Å²) in [5.74, 6) is 0.285. The fourth-order valence-electron chi connectivity index (χ4n) is 4.48. The third-order valence-electron chi connectivity index (χ3n) is 6.04. The zero-order valence-corrected chi connectivity index (χ0v) is 16.7. The van der Waals surface area contributed by atoms with Crippen LogP contribution in [0.5, 0.6) is 5.75 Å². The van der Waals surface area contributed by atoms with E-state index in [1.807, 2.05) is 18.2 Å². The van der Waals surface area contributed by atoms with E-state index in [0.29, 0.717) is 31.1 Å². The highest BCUT2D eigenvalue weighted by Gasteiger charge is 2.43. The predicted octanol–water partition coefficient (Wildman–Crippen LogP) is 4.01. The van der Waals surface area contributed by atoms with Crippen LogP contribution in [0.2, 0.25) is 0 Å². The Hall–Kier alpha value is -1.92. The van der Waals surface area contributed by atoms with Crippen LogP contribution in [0.1, 0.15) is 38.5 Å². The van der Waals surface area contributed by atoms with E-state index in [2.05, 4.69) is 0 Å². The maximum Gasteiger partial charge on any atom is 0.303 e. The van der Waals surface area contributed by atoms with Crippen molar-refractivity contribution >= 4 is 5.97 Å². The number of halogens is 1. The zero-order chi connectivity index (χ0) is 20.6. The summed E-state index contributed by atoms with van der Waals surface area (Å²) in [4.78, 5) is 10.7. The van der Waals surface area contributed by atoms with Crippen molar-refractivity contribution in [2.24, 2.45) is 17.8 Å². The molecule has 1 aromatic carbocycles. The van der Waals surface area contributed by atoms with Crippen molar-refractivity contribution in [1.29, 1.82) is 0 Å². The number of carbonyl (C=O) groups is 1. The summed E-state index contributed by atoms with van der Waals surface area (Å²) in [6.07, 6.45) is 5.65. The highest BCUT2D eigenvalue weighted by Crippen LogP contribution is 2.42. The average Bonchev–Trinajstić information content (AvgIpc) is 2.87. The van der Waals surface area contributed by atoms with Gasteiger partial charge in [-0.3, -0.25) is 4.79 Å². The minimum atomic E-state index is -1.24. The van der Waals surface area contributed by atoms with E-state index in [1.165, 1.54) is 6.08 Å². The molecular formula is C23H31FO5. The largest absolute Gasteiger partial charge is 0.490 e. The van der Waals surface area contributed by atoms with E-state index in [4.69, 9.17) is 14.6 Å². The fraction of sp³-hybridized carbons (Fsp3) is 0.609. The molecule has 0 amide bonds. The Kier molecular flexibility index (Phi) is 8.07. The van der Waals surface area contributed by atoms with Crippen LogP contribution < -0.4 is 4.74 Å². The first-order valence-corrected chi connectivity index (χ1v) is 10.5. The number of carboxylic acids is 1. The van der Waals surface area contributed by atoms with Gasteiger partial charge in [-0.1, -0.05) is 30.4 Å². The molecule has 2 N–H and O–H groups in total. The lowest BCUT2D eigenvalue weighted by molar-refractivity contribution is -0.137. The number of benzene rings is 1. The van der Waals surface area contributed by atoms with E-state index < -0.39 is 18.2 Å². The van der Waals surface area contributed by atoms with Gasteiger partial charge < -0.3 is 19.7 Å². The number of para-hydroxylation sites is 1. The summed E-state index contributed by atoms with van der Waals surface area (Å²) < 4.78 is 25.8. The second-order valence-electron chi connectivity index (χ2n) is 8.17. The van der Waals surface area contributed by atoms with Gasteiger partial charge in [0.1, 0.15) is 12.4 Å². The van der Waals surface area contributed by atoms with Gasteiger partial charge in [0.2, 0.25) is 0 Å². The van der Waals surface area contributed by atoms with Gasteiger partial charge in [0.25, 0.3) is 0 Å². The number of hydrogen-bond acceptors (Lipinski definition) is 4. The molecule has 0 radical (unpaired) electrons. The van der Waals surface area contributed by atoms with Crippen molar-refractivity contribution in [2.45, 2.75) is 56.9 Å². The molecule has 1 aromatic rings. The fourth-order valence-corrected chi connectivity index (χ4v) is 4.48. The van der Waals surface area contributed by atoms with Gasteiger partial charge >= 0.3 is 5.97 Å².